The van der Waals surface area contributed by atoms with Crippen molar-refractivity contribution in [3.63, 3.8) is 0 Å². The Balaban J connectivity index is 1.82. The van der Waals surface area contributed by atoms with Gasteiger partial charge in [-0.15, -0.1) is 0 Å². The summed E-state index contributed by atoms with van der Waals surface area (Å²) in [6.07, 6.45) is 3.58. The summed E-state index contributed by atoms with van der Waals surface area (Å²) >= 11 is 0. The van der Waals surface area contributed by atoms with Crippen LogP contribution in [0.1, 0.15) is 22.4 Å². The number of hydrogen-bond donors (Lipinski definition) is 0. The Hall–Kier alpha value is -2.95. The first-order chi connectivity index (χ1) is 11.5. The van der Waals surface area contributed by atoms with E-state index < -0.39 is 0 Å². The number of aromatic nitrogens is 4. The quantitative estimate of drug-likeness (QED) is 0.571. The van der Waals surface area contributed by atoms with Gasteiger partial charge in [-0.1, -0.05) is 0 Å². The molecule has 0 saturated heterocycles. The van der Waals surface area contributed by atoms with Crippen LogP contribution in [-0.2, 0) is 6.54 Å². The number of pyridine rings is 1. The van der Waals surface area contributed by atoms with Gasteiger partial charge in [0.1, 0.15) is 5.65 Å². The molecule has 0 N–H and O–H groups in total. The van der Waals surface area contributed by atoms with Crippen molar-refractivity contribution in [1.82, 2.24) is 18.9 Å². The van der Waals surface area contributed by atoms with Crippen LogP contribution in [-0.4, -0.2) is 18.9 Å². The molecule has 0 atom stereocenters. The molecule has 0 bridgehead atoms. The molecule has 0 fully saturated rings. The fourth-order valence-corrected chi connectivity index (χ4v) is 2.95. The lowest BCUT2D eigenvalue weighted by Gasteiger charge is -2.07. The normalized spacial score (nSPS) is 11.5. The van der Waals surface area contributed by atoms with Crippen LogP contribution >= 0.6 is 0 Å². The van der Waals surface area contributed by atoms with Crippen molar-refractivity contribution in [2.75, 3.05) is 0 Å². The molecule has 0 aliphatic carbocycles. The van der Waals surface area contributed by atoms with E-state index in [1.165, 1.54) is 11.1 Å². The van der Waals surface area contributed by atoms with E-state index >= 15 is 0 Å². The van der Waals surface area contributed by atoms with Crippen molar-refractivity contribution < 1.29 is 0 Å². The van der Waals surface area contributed by atoms with Crippen molar-refractivity contribution in [2.24, 2.45) is 0 Å². The summed E-state index contributed by atoms with van der Waals surface area (Å²) in [5, 5.41) is 0. The molecule has 3 aromatic heterocycles. The van der Waals surface area contributed by atoms with Crippen molar-refractivity contribution in [3.05, 3.63) is 75.6 Å². The van der Waals surface area contributed by atoms with Crippen LogP contribution in [0.5, 0.6) is 0 Å². The third kappa shape index (κ3) is 2.38. The maximum absolute atomic E-state index is 12.3. The maximum atomic E-state index is 12.3. The Bertz CT molecular complexity index is 1140. The number of rotatable bonds is 2. The lowest BCUT2D eigenvalue weighted by atomic mass is 10.1. The van der Waals surface area contributed by atoms with Crippen LogP contribution in [0.2, 0.25) is 0 Å². The Morgan fingerprint density at radius 3 is 2.67 bits per heavy atom. The molecule has 1 aromatic carbocycles. The Morgan fingerprint density at radius 1 is 1.04 bits per heavy atom. The summed E-state index contributed by atoms with van der Waals surface area (Å²) in [6, 6.07) is 9.65. The fraction of sp³-hybridized carbons (Fsp3) is 0.211. The van der Waals surface area contributed by atoms with Crippen molar-refractivity contribution in [2.45, 2.75) is 27.3 Å². The molecule has 0 radical (unpaired) electrons. The molecule has 4 rings (SSSR count). The molecule has 0 aliphatic rings. The molecular formula is C19H18N4O. The fourth-order valence-electron chi connectivity index (χ4n) is 2.95. The van der Waals surface area contributed by atoms with Gasteiger partial charge in [0.25, 0.3) is 5.56 Å². The van der Waals surface area contributed by atoms with Gasteiger partial charge in [0.15, 0.2) is 0 Å². The summed E-state index contributed by atoms with van der Waals surface area (Å²) in [7, 11) is 0. The second-order valence-electron chi connectivity index (χ2n) is 6.32. The average Bonchev–Trinajstić information content (AvgIpc) is 2.89. The number of aryl methyl sites for hydroxylation is 3. The van der Waals surface area contributed by atoms with E-state index in [2.05, 4.69) is 35.9 Å². The standard InChI is InChI=1S/C19H18N4O/c1-12-4-5-23-18(6-12)21-15(9-19(23)24)10-22-11-20-16-7-13(2)14(3)8-17(16)22/h4-9,11H,10H2,1-3H3. The zero-order chi connectivity index (χ0) is 16.8. The van der Waals surface area contributed by atoms with Gasteiger partial charge in [-0.25, -0.2) is 9.97 Å². The number of fused-ring (bicyclic) bond motifs is 2. The molecule has 5 heteroatoms. The smallest absolute Gasteiger partial charge is 0.258 e. The molecule has 0 unspecified atom stereocenters. The highest BCUT2D eigenvalue weighted by Crippen LogP contribution is 2.19. The van der Waals surface area contributed by atoms with E-state index in [0.29, 0.717) is 12.2 Å². The summed E-state index contributed by atoms with van der Waals surface area (Å²) in [5.41, 5.74) is 6.91. The van der Waals surface area contributed by atoms with E-state index in [1.54, 1.807) is 16.7 Å². The number of hydrogen-bond acceptors (Lipinski definition) is 3. The number of imidazole rings is 1. The summed E-state index contributed by atoms with van der Waals surface area (Å²) in [4.78, 5) is 21.4. The van der Waals surface area contributed by atoms with E-state index in [0.717, 1.165) is 22.3 Å². The minimum absolute atomic E-state index is 0.0635. The predicted octanol–water partition coefficient (Wildman–Crippen LogP) is 3.02. The molecule has 120 valence electrons. The van der Waals surface area contributed by atoms with Crippen LogP contribution in [0, 0.1) is 20.8 Å². The molecule has 5 nitrogen and oxygen atoms in total. The highest BCUT2D eigenvalue weighted by molar-refractivity contribution is 5.77. The lowest BCUT2D eigenvalue weighted by molar-refractivity contribution is 0.790. The zero-order valence-electron chi connectivity index (χ0n) is 13.9. The molecule has 0 aliphatic heterocycles. The molecule has 3 heterocycles. The maximum Gasteiger partial charge on any atom is 0.258 e. The summed E-state index contributed by atoms with van der Waals surface area (Å²) < 4.78 is 3.60. The van der Waals surface area contributed by atoms with Gasteiger partial charge in [-0.3, -0.25) is 9.20 Å². The first kappa shape index (κ1) is 14.6. The second-order valence-corrected chi connectivity index (χ2v) is 6.32. The van der Waals surface area contributed by atoms with Gasteiger partial charge in [0.05, 0.1) is 29.6 Å². The summed E-state index contributed by atoms with van der Waals surface area (Å²) in [6.45, 7) is 6.70. The summed E-state index contributed by atoms with van der Waals surface area (Å²) in [5.74, 6) is 0. The van der Waals surface area contributed by atoms with E-state index in [-0.39, 0.29) is 5.56 Å². The van der Waals surface area contributed by atoms with E-state index in [9.17, 15) is 4.79 Å². The topological polar surface area (TPSA) is 52.2 Å². The highest BCUT2D eigenvalue weighted by atomic mass is 16.1. The van der Waals surface area contributed by atoms with Crippen LogP contribution in [0.25, 0.3) is 16.7 Å². The van der Waals surface area contributed by atoms with Crippen LogP contribution in [0.15, 0.2) is 47.7 Å². The van der Waals surface area contributed by atoms with Crippen molar-refractivity contribution in [3.8, 4) is 0 Å². The molecule has 0 saturated carbocycles. The van der Waals surface area contributed by atoms with Crippen molar-refractivity contribution >= 4 is 16.7 Å². The van der Waals surface area contributed by atoms with Gasteiger partial charge >= 0.3 is 0 Å². The third-order valence-electron chi connectivity index (χ3n) is 4.44. The molecule has 0 amide bonds. The van der Waals surface area contributed by atoms with Crippen LogP contribution in [0.4, 0.5) is 0 Å². The molecular weight excluding hydrogens is 300 g/mol. The molecule has 24 heavy (non-hydrogen) atoms. The van der Waals surface area contributed by atoms with Crippen LogP contribution in [0.3, 0.4) is 0 Å². The van der Waals surface area contributed by atoms with E-state index in [1.807, 2.05) is 30.0 Å². The average molecular weight is 318 g/mol. The molecule has 0 spiro atoms. The van der Waals surface area contributed by atoms with Gasteiger partial charge in [-0.05, 0) is 61.7 Å². The first-order valence-electron chi connectivity index (χ1n) is 7.92. The number of nitrogens with zero attached hydrogens (tertiary/aromatic N) is 4. The Kier molecular flexibility index (Phi) is 3.23. The third-order valence-corrected chi connectivity index (χ3v) is 4.44. The Labute approximate surface area is 139 Å². The van der Waals surface area contributed by atoms with Gasteiger partial charge in [0, 0.05) is 12.3 Å². The minimum Gasteiger partial charge on any atom is -0.324 e. The SMILES string of the molecule is Cc1ccn2c(=O)cc(Cn3cnc4cc(C)c(C)cc43)nc2c1. The van der Waals surface area contributed by atoms with Gasteiger partial charge in [0.2, 0.25) is 0 Å². The largest absolute Gasteiger partial charge is 0.324 e. The van der Waals surface area contributed by atoms with E-state index in [4.69, 9.17) is 0 Å². The molecule has 4 aromatic rings. The number of benzene rings is 1. The van der Waals surface area contributed by atoms with Gasteiger partial charge in [-0.2, -0.15) is 0 Å². The van der Waals surface area contributed by atoms with Gasteiger partial charge < -0.3 is 4.57 Å². The first-order valence-corrected chi connectivity index (χ1v) is 7.92. The Morgan fingerprint density at radius 2 is 1.83 bits per heavy atom. The second kappa shape index (κ2) is 5.30. The zero-order valence-corrected chi connectivity index (χ0v) is 13.9. The van der Waals surface area contributed by atoms with Crippen molar-refractivity contribution in [1.29, 1.82) is 0 Å². The van der Waals surface area contributed by atoms with Crippen LogP contribution < -0.4 is 5.56 Å². The highest BCUT2D eigenvalue weighted by Gasteiger charge is 2.08. The monoisotopic (exact) mass is 318 g/mol. The minimum atomic E-state index is -0.0635. The predicted molar refractivity (Wildman–Crippen MR) is 94.5 cm³/mol. The lowest BCUT2D eigenvalue weighted by Crippen LogP contribution is -2.16.